The van der Waals surface area contributed by atoms with Crippen LogP contribution in [0.2, 0.25) is 0 Å². The minimum atomic E-state index is -0.682. The monoisotopic (exact) mass is 453 g/mol. The van der Waals surface area contributed by atoms with Crippen LogP contribution in [0.5, 0.6) is 5.75 Å². The maximum atomic E-state index is 12.7. The topological polar surface area (TPSA) is 98.7 Å². The van der Waals surface area contributed by atoms with Crippen molar-refractivity contribution in [2.24, 2.45) is 0 Å². The van der Waals surface area contributed by atoms with Gasteiger partial charge in [0.15, 0.2) is 0 Å². The van der Waals surface area contributed by atoms with Crippen LogP contribution < -0.4 is 10.9 Å². The summed E-state index contributed by atoms with van der Waals surface area (Å²) in [5, 5.41) is 9.68. The van der Waals surface area contributed by atoms with Crippen LogP contribution in [-0.4, -0.2) is 38.6 Å². The average molecular weight is 454 g/mol. The summed E-state index contributed by atoms with van der Waals surface area (Å²) < 4.78 is 0.256. The van der Waals surface area contributed by atoms with E-state index < -0.39 is 11.8 Å². The Morgan fingerprint density at radius 3 is 2.48 bits per heavy atom. The van der Waals surface area contributed by atoms with Gasteiger partial charge >= 0.3 is 0 Å². The highest BCUT2D eigenvalue weighted by Gasteiger charge is 2.33. The minimum Gasteiger partial charge on any atom is -0.507 e. The molecular weight excluding hydrogens is 434 g/mol. The van der Waals surface area contributed by atoms with E-state index in [1.165, 1.54) is 17.0 Å². The molecule has 1 saturated heterocycles. The highest BCUT2D eigenvalue weighted by Crippen LogP contribution is 2.31. The third kappa shape index (κ3) is 5.80. The maximum Gasteiger partial charge on any atom is 0.273 e. The number of hydrogen-bond acceptors (Lipinski definition) is 6. The number of carbonyl (C=O) groups is 3. The van der Waals surface area contributed by atoms with Gasteiger partial charge in [-0.2, -0.15) is 0 Å². The lowest BCUT2D eigenvalue weighted by Crippen LogP contribution is -2.47. The Hall–Kier alpha value is -3.43. The van der Waals surface area contributed by atoms with E-state index in [-0.39, 0.29) is 28.1 Å². The molecule has 0 bridgehead atoms. The molecule has 0 unspecified atom stereocenters. The molecule has 3 rings (SSSR count). The third-order valence-electron chi connectivity index (χ3n) is 4.19. The summed E-state index contributed by atoms with van der Waals surface area (Å²) in [6.45, 7) is 1.53. The van der Waals surface area contributed by atoms with E-state index in [4.69, 9.17) is 12.2 Å². The summed E-state index contributed by atoms with van der Waals surface area (Å²) in [5.74, 6) is -1.90. The van der Waals surface area contributed by atoms with E-state index in [1.807, 2.05) is 43.3 Å². The standard InChI is InChI=1S/C22H19N3O4S2/c1-14(11-15-7-3-2-4-8-15)12-18-21(29)25(22(30)31-18)13-19(27)23-24-20(28)16-9-5-6-10-17(16)26/h2-12,26H,13H2,1H3,(H,23,27)(H,24,28). The third-order valence-corrected chi connectivity index (χ3v) is 5.57. The minimum absolute atomic E-state index is 0.0111. The van der Waals surface area contributed by atoms with E-state index in [0.717, 1.165) is 22.9 Å². The molecule has 3 amide bonds. The number of carbonyl (C=O) groups excluding carboxylic acids is 3. The second kappa shape index (κ2) is 10.1. The normalized spacial score (nSPS) is 15.3. The molecule has 2 aromatic carbocycles. The van der Waals surface area contributed by atoms with Crippen LogP contribution in [-0.2, 0) is 9.59 Å². The number of nitrogens with one attached hydrogen (secondary N) is 2. The number of allylic oxidation sites excluding steroid dienone is 2. The zero-order chi connectivity index (χ0) is 22.4. The Bertz CT molecular complexity index is 1100. The van der Waals surface area contributed by atoms with Crippen LogP contribution in [0.4, 0.5) is 0 Å². The predicted octanol–water partition coefficient (Wildman–Crippen LogP) is 3.00. The first-order valence-corrected chi connectivity index (χ1v) is 10.4. The summed E-state index contributed by atoms with van der Waals surface area (Å²) >= 11 is 6.35. The van der Waals surface area contributed by atoms with E-state index in [0.29, 0.717) is 4.91 Å². The summed E-state index contributed by atoms with van der Waals surface area (Å²) in [4.78, 5) is 38.5. The summed E-state index contributed by atoms with van der Waals surface area (Å²) in [5.41, 5.74) is 6.31. The molecule has 0 atom stereocenters. The molecule has 0 aromatic heterocycles. The first-order chi connectivity index (χ1) is 14.8. The van der Waals surface area contributed by atoms with Crippen LogP contribution in [0.1, 0.15) is 22.8 Å². The number of benzene rings is 2. The van der Waals surface area contributed by atoms with Gasteiger partial charge in [0.05, 0.1) is 10.5 Å². The number of nitrogens with zero attached hydrogens (tertiary/aromatic N) is 1. The van der Waals surface area contributed by atoms with Gasteiger partial charge in [0.2, 0.25) is 0 Å². The number of phenolic OH excluding ortho intramolecular Hbond substituents is 1. The molecular formula is C22H19N3O4S2. The Morgan fingerprint density at radius 2 is 1.77 bits per heavy atom. The van der Waals surface area contributed by atoms with Gasteiger partial charge in [0, 0.05) is 0 Å². The molecule has 7 nitrogen and oxygen atoms in total. The summed E-state index contributed by atoms with van der Waals surface area (Å²) in [7, 11) is 0. The highest BCUT2D eigenvalue weighted by molar-refractivity contribution is 8.26. The van der Waals surface area contributed by atoms with E-state index >= 15 is 0 Å². The van der Waals surface area contributed by atoms with Gasteiger partial charge in [-0.15, -0.1) is 0 Å². The lowest BCUT2D eigenvalue weighted by atomic mass is 10.1. The first-order valence-electron chi connectivity index (χ1n) is 9.21. The zero-order valence-corrected chi connectivity index (χ0v) is 18.1. The van der Waals surface area contributed by atoms with E-state index in [1.54, 1.807) is 18.2 Å². The van der Waals surface area contributed by atoms with Crippen LogP contribution >= 0.6 is 24.0 Å². The molecule has 0 saturated carbocycles. The molecule has 1 heterocycles. The largest absolute Gasteiger partial charge is 0.507 e. The van der Waals surface area contributed by atoms with Gasteiger partial charge in [-0.1, -0.05) is 72.5 Å². The van der Waals surface area contributed by atoms with Gasteiger partial charge in [0.25, 0.3) is 17.7 Å². The number of rotatable bonds is 5. The van der Waals surface area contributed by atoms with Crippen molar-refractivity contribution in [3.05, 3.63) is 82.3 Å². The number of thioether (sulfide) groups is 1. The Morgan fingerprint density at radius 1 is 1.10 bits per heavy atom. The molecule has 31 heavy (non-hydrogen) atoms. The quantitative estimate of drug-likeness (QED) is 0.366. The van der Waals surface area contributed by atoms with Crippen LogP contribution in [0.25, 0.3) is 6.08 Å². The highest BCUT2D eigenvalue weighted by atomic mass is 32.2. The predicted molar refractivity (Wildman–Crippen MR) is 124 cm³/mol. The van der Waals surface area contributed by atoms with E-state index in [2.05, 4.69) is 10.9 Å². The SMILES string of the molecule is CC(=Cc1ccccc1)C=C1SC(=S)N(CC(=O)NNC(=O)c2ccccc2O)C1=O. The fourth-order valence-corrected chi connectivity index (χ4v) is 4.04. The Balaban J connectivity index is 1.59. The summed E-state index contributed by atoms with van der Waals surface area (Å²) in [6.07, 6.45) is 3.66. The molecule has 0 spiro atoms. The number of thiocarbonyl (C=S) groups is 1. The number of aromatic hydroxyl groups is 1. The number of para-hydroxylation sites is 1. The first kappa shape index (κ1) is 22.3. The van der Waals surface area contributed by atoms with Crippen LogP contribution in [0.15, 0.2) is 71.2 Å². The zero-order valence-electron chi connectivity index (χ0n) is 16.5. The molecule has 1 aliphatic heterocycles. The fourth-order valence-electron chi connectivity index (χ4n) is 2.74. The van der Waals surface area contributed by atoms with Crippen molar-refractivity contribution >= 4 is 52.1 Å². The van der Waals surface area contributed by atoms with Crippen molar-refractivity contribution in [1.82, 2.24) is 15.8 Å². The Kier molecular flexibility index (Phi) is 7.22. The Labute approximate surface area is 188 Å². The van der Waals surface area contributed by atoms with Crippen molar-refractivity contribution in [3.8, 4) is 5.75 Å². The molecule has 0 aliphatic carbocycles. The maximum absolute atomic E-state index is 12.7. The molecule has 158 valence electrons. The second-order valence-corrected chi connectivity index (χ2v) is 8.26. The molecule has 9 heteroatoms. The molecule has 1 fully saturated rings. The van der Waals surface area contributed by atoms with Crippen molar-refractivity contribution < 1.29 is 19.5 Å². The van der Waals surface area contributed by atoms with Crippen molar-refractivity contribution in [1.29, 1.82) is 0 Å². The van der Waals surface area contributed by atoms with Gasteiger partial charge < -0.3 is 5.11 Å². The van der Waals surface area contributed by atoms with Gasteiger partial charge in [-0.05, 0) is 36.3 Å². The van der Waals surface area contributed by atoms with Gasteiger partial charge in [0.1, 0.15) is 16.6 Å². The van der Waals surface area contributed by atoms with E-state index in [9.17, 15) is 19.5 Å². The number of hydrazine groups is 1. The van der Waals surface area contributed by atoms with Crippen LogP contribution in [0, 0.1) is 0 Å². The second-order valence-electron chi connectivity index (χ2n) is 6.59. The lowest BCUT2D eigenvalue weighted by Gasteiger charge is -2.14. The van der Waals surface area contributed by atoms with Crippen molar-refractivity contribution in [2.75, 3.05) is 6.54 Å². The summed E-state index contributed by atoms with van der Waals surface area (Å²) in [6, 6.07) is 15.6. The van der Waals surface area contributed by atoms with Crippen molar-refractivity contribution in [3.63, 3.8) is 0 Å². The lowest BCUT2D eigenvalue weighted by molar-refractivity contribution is -0.129. The number of amides is 3. The average Bonchev–Trinajstić information content (AvgIpc) is 3.00. The smallest absolute Gasteiger partial charge is 0.273 e. The molecule has 3 N–H and O–H groups in total. The fraction of sp³-hybridized carbons (Fsp3) is 0.0909. The van der Waals surface area contributed by atoms with Gasteiger partial charge in [-0.3, -0.25) is 30.1 Å². The van der Waals surface area contributed by atoms with Crippen molar-refractivity contribution in [2.45, 2.75) is 6.92 Å². The molecule has 1 aliphatic rings. The van der Waals surface area contributed by atoms with Gasteiger partial charge in [-0.25, -0.2) is 0 Å². The molecule has 0 radical (unpaired) electrons. The number of hydrogen-bond donors (Lipinski definition) is 3. The molecule has 2 aromatic rings. The van der Waals surface area contributed by atoms with Crippen LogP contribution in [0.3, 0.4) is 0 Å². The number of phenols is 1.